The Morgan fingerprint density at radius 2 is 1.85 bits per heavy atom. The predicted octanol–water partition coefficient (Wildman–Crippen LogP) is 3.98. The number of ketones is 1. The SMILES string of the molecule is COc1cc2sc(C(=O)CCC(=O)OC(C)(C)C)cc2cc1OCCCO. The highest BCUT2D eigenvalue weighted by Gasteiger charge is 2.19. The first-order chi connectivity index (χ1) is 12.7. The lowest BCUT2D eigenvalue weighted by Gasteiger charge is -2.19. The average Bonchev–Trinajstić information content (AvgIpc) is 3.00. The zero-order chi connectivity index (χ0) is 20.0. The molecule has 2 aromatic rings. The number of ether oxygens (including phenoxy) is 3. The number of rotatable bonds is 9. The smallest absolute Gasteiger partial charge is 0.306 e. The Kier molecular flexibility index (Phi) is 7.21. The van der Waals surface area contributed by atoms with Gasteiger partial charge in [0.05, 0.1) is 25.0 Å². The van der Waals surface area contributed by atoms with Crippen LogP contribution in [0.4, 0.5) is 0 Å². The van der Waals surface area contributed by atoms with Gasteiger partial charge in [-0.3, -0.25) is 9.59 Å². The maximum absolute atomic E-state index is 12.4. The van der Waals surface area contributed by atoms with Gasteiger partial charge in [-0.2, -0.15) is 0 Å². The van der Waals surface area contributed by atoms with Crippen molar-refractivity contribution < 1.29 is 28.9 Å². The monoisotopic (exact) mass is 394 g/mol. The van der Waals surface area contributed by atoms with Gasteiger partial charge < -0.3 is 19.3 Å². The van der Waals surface area contributed by atoms with Crippen molar-refractivity contribution in [1.29, 1.82) is 0 Å². The quantitative estimate of drug-likeness (QED) is 0.394. The van der Waals surface area contributed by atoms with Crippen LogP contribution >= 0.6 is 11.3 Å². The van der Waals surface area contributed by atoms with E-state index >= 15 is 0 Å². The Bertz CT molecular complexity index is 803. The first kappa shape index (κ1) is 21.2. The number of hydrogen-bond acceptors (Lipinski definition) is 7. The highest BCUT2D eigenvalue weighted by Crippen LogP contribution is 2.37. The van der Waals surface area contributed by atoms with Crippen LogP contribution in [0.5, 0.6) is 11.5 Å². The molecule has 2 rings (SSSR count). The molecule has 0 aliphatic rings. The molecule has 27 heavy (non-hydrogen) atoms. The van der Waals surface area contributed by atoms with E-state index in [9.17, 15) is 9.59 Å². The fourth-order valence-corrected chi connectivity index (χ4v) is 3.48. The molecule has 0 spiro atoms. The molecule has 1 N–H and O–H groups in total. The van der Waals surface area contributed by atoms with Gasteiger partial charge in [-0.15, -0.1) is 11.3 Å². The second-order valence-electron chi connectivity index (χ2n) is 7.09. The lowest BCUT2D eigenvalue weighted by Crippen LogP contribution is -2.24. The fourth-order valence-electron chi connectivity index (χ4n) is 2.44. The highest BCUT2D eigenvalue weighted by molar-refractivity contribution is 7.20. The van der Waals surface area contributed by atoms with Gasteiger partial charge in [-0.25, -0.2) is 0 Å². The minimum Gasteiger partial charge on any atom is -0.493 e. The van der Waals surface area contributed by atoms with Crippen LogP contribution in [0, 0.1) is 0 Å². The van der Waals surface area contributed by atoms with E-state index in [1.807, 2.05) is 12.1 Å². The van der Waals surface area contributed by atoms with Crippen LogP contribution in [0.15, 0.2) is 18.2 Å². The largest absolute Gasteiger partial charge is 0.493 e. The Morgan fingerprint density at radius 3 is 2.48 bits per heavy atom. The summed E-state index contributed by atoms with van der Waals surface area (Å²) < 4.78 is 17.1. The summed E-state index contributed by atoms with van der Waals surface area (Å²) in [6.07, 6.45) is 0.696. The molecule has 0 fully saturated rings. The molecule has 1 aromatic carbocycles. The molecular formula is C20H26O6S. The third kappa shape index (κ3) is 6.22. The maximum atomic E-state index is 12.4. The summed E-state index contributed by atoms with van der Waals surface area (Å²) in [4.78, 5) is 24.8. The number of hydrogen-bond donors (Lipinski definition) is 1. The van der Waals surface area contributed by atoms with Crippen LogP contribution < -0.4 is 9.47 Å². The normalized spacial score (nSPS) is 11.4. The number of carbonyl (C=O) groups is 2. The van der Waals surface area contributed by atoms with E-state index in [1.54, 1.807) is 33.9 Å². The summed E-state index contributed by atoms with van der Waals surface area (Å²) in [7, 11) is 1.56. The number of Topliss-reactive ketones (excluding diaryl/α,β-unsaturated/α-hetero) is 1. The van der Waals surface area contributed by atoms with E-state index in [-0.39, 0.29) is 31.2 Å². The van der Waals surface area contributed by atoms with Gasteiger partial charge in [-0.05, 0) is 38.3 Å². The van der Waals surface area contributed by atoms with Gasteiger partial charge in [0.2, 0.25) is 0 Å². The van der Waals surface area contributed by atoms with Crippen molar-refractivity contribution in [2.24, 2.45) is 0 Å². The molecule has 0 saturated heterocycles. The van der Waals surface area contributed by atoms with Gasteiger partial charge in [-0.1, -0.05) is 0 Å². The summed E-state index contributed by atoms with van der Waals surface area (Å²) in [5, 5.41) is 9.75. The molecule has 0 saturated carbocycles. The first-order valence-corrected chi connectivity index (χ1v) is 9.65. The van der Waals surface area contributed by atoms with Gasteiger partial charge in [0, 0.05) is 30.2 Å². The molecule has 0 radical (unpaired) electrons. The number of esters is 1. The number of aliphatic hydroxyl groups excluding tert-OH is 1. The van der Waals surface area contributed by atoms with Gasteiger partial charge >= 0.3 is 5.97 Å². The second kappa shape index (κ2) is 9.19. The van der Waals surface area contributed by atoms with Crippen molar-refractivity contribution in [1.82, 2.24) is 0 Å². The summed E-state index contributed by atoms with van der Waals surface area (Å²) in [6, 6.07) is 5.46. The molecule has 1 heterocycles. The van der Waals surface area contributed by atoms with E-state index in [1.165, 1.54) is 11.3 Å². The first-order valence-electron chi connectivity index (χ1n) is 8.84. The number of benzene rings is 1. The lowest BCUT2D eigenvalue weighted by molar-refractivity contribution is -0.154. The Hall–Kier alpha value is -2.12. The third-order valence-electron chi connectivity index (χ3n) is 3.61. The van der Waals surface area contributed by atoms with E-state index < -0.39 is 5.60 Å². The fraction of sp³-hybridized carbons (Fsp3) is 0.500. The Labute approximate surface area is 163 Å². The summed E-state index contributed by atoms with van der Waals surface area (Å²) in [5.41, 5.74) is -0.555. The van der Waals surface area contributed by atoms with E-state index in [2.05, 4.69) is 0 Å². The number of thiophene rings is 1. The third-order valence-corrected chi connectivity index (χ3v) is 4.75. The molecule has 0 amide bonds. The molecule has 0 unspecified atom stereocenters. The van der Waals surface area contributed by atoms with Crippen LogP contribution in [0.2, 0.25) is 0 Å². The summed E-state index contributed by atoms with van der Waals surface area (Å²) >= 11 is 1.36. The van der Waals surface area contributed by atoms with Crippen molar-refractivity contribution in [3.05, 3.63) is 23.1 Å². The number of carbonyl (C=O) groups excluding carboxylic acids is 2. The van der Waals surface area contributed by atoms with Crippen LogP contribution in [-0.2, 0) is 9.53 Å². The van der Waals surface area contributed by atoms with Crippen LogP contribution in [0.25, 0.3) is 10.1 Å². The molecule has 148 valence electrons. The van der Waals surface area contributed by atoms with Gasteiger partial charge in [0.25, 0.3) is 0 Å². The predicted molar refractivity (Wildman–Crippen MR) is 105 cm³/mol. The molecule has 7 heteroatoms. The molecule has 0 bridgehead atoms. The number of methoxy groups -OCH3 is 1. The minimum absolute atomic E-state index is 0.0549. The molecule has 0 aliphatic heterocycles. The van der Waals surface area contributed by atoms with Crippen molar-refractivity contribution in [2.75, 3.05) is 20.3 Å². The minimum atomic E-state index is -0.555. The standard InChI is InChI=1S/C20H26O6S/c1-20(2,3)26-19(23)7-6-14(22)18-11-13-10-16(25-9-5-8-21)15(24-4)12-17(13)27-18/h10-12,21H,5-9H2,1-4H3. The van der Waals surface area contributed by atoms with Crippen molar-refractivity contribution >= 4 is 33.2 Å². The number of aliphatic hydroxyl groups is 1. The van der Waals surface area contributed by atoms with Crippen molar-refractivity contribution in [3.8, 4) is 11.5 Å². The zero-order valence-electron chi connectivity index (χ0n) is 16.2. The Balaban J connectivity index is 2.10. The van der Waals surface area contributed by atoms with Crippen molar-refractivity contribution in [3.63, 3.8) is 0 Å². The van der Waals surface area contributed by atoms with Gasteiger partial charge in [0.1, 0.15) is 5.60 Å². The Morgan fingerprint density at radius 1 is 1.11 bits per heavy atom. The zero-order valence-corrected chi connectivity index (χ0v) is 17.0. The average molecular weight is 394 g/mol. The van der Waals surface area contributed by atoms with Crippen LogP contribution in [-0.4, -0.2) is 42.8 Å². The van der Waals surface area contributed by atoms with Crippen LogP contribution in [0.3, 0.4) is 0 Å². The molecule has 0 atom stereocenters. The molecule has 6 nitrogen and oxygen atoms in total. The summed E-state index contributed by atoms with van der Waals surface area (Å²) in [5.74, 6) is 0.682. The molecule has 0 aliphatic carbocycles. The van der Waals surface area contributed by atoms with E-state index in [0.717, 1.165) is 10.1 Å². The van der Waals surface area contributed by atoms with Crippen molar-refractivity contribution in [2.45, 2.75) is 45.6 Å². The second-order valence-corrected chi connectivity index (χ2v) is 8.17. The topological polar surface area (TPSA) is 82.1 Å². The summed E-state index contributed by atoms with van der Waals surface area (Å²) in [6.45, 7) is 5.83. The molecule has 1 aromatic heterocycles. The highest BCUT2D eigenvalue weighted by atomic mass is 32.1. The van der Waals surface area contributed by atoms with Crippen LogP contribution in [0.1, 0.15) is 49.7 Å². The van der Waals surface area contributed by atoms with Gasteiger partial charge in [0.15, 0.2) is 17.3 Å². The van der Waals surface area contributed by atoms with E-state index in [4.69, 9.17) is 19.3 Å². The maximum Gasteiger partial charge on any atom is 0.306 e. The lowest BCUT2D eigenvalue weighted by atomic mass is 10.1. The van der Waals surface area contributed by atoms with E-state index in [0.29, 0.717) is 29.4 Å². The number of fused-ring (bicyclic) bond motifs is 1. The molecular weight excluding hydrogens is 368 g/mol.